The molecule has 1 fully saturated rings. The molecule has 4 heteroatoms. The summed E-state index contributed by atoms with van der Waals surface area (Å²) >= 11 is 1.77. The zero-order valence-electron chi connectivity index (χ0n) is 12.8. The Morgan fingerprint density at radius 3 is 2.55 bits per heavy atom. The van der Waals surface area contributed by atoms with Crippen molar-refractivity contribution in [2.45, 2.75) is 45.4 Å². The van der Waals surface area contributed by atoms with Gasteiger partial charge in [-0.3, -0.25) is 4.90 Å². The molecule has 0 bridgehead atoms. The molecule has 20 heavy (non-hydrogen) atoms. The van der Waals surface area contributed by atoms with Gasteiger partial charge in [0, 0.05) is 30.1 Å². The van der Waals surface area contributed by atoms with Crippen LogP contribution in [0.1, 0.15) is 38.1 Å². The fourth-order valence-electron chi connectivity index (χ4n) is 2.98. The normalized spacial score (nSPS) is 21.2. The van der Waals surface area contributed by atoms with Crippen LogP contribution in [0.15, 0.2) is 11.4 Å². The highest BCUT2D eigenvalue weighted by molar-refractivity contribution is 7.10. The topological polar surface area (TPSA) is 38.5 Å². The molecule has 2 heterocycles. The summed E-state index contributed by atoms with van der Waals surface area (Å²) in [5, 5.41) is 2.10. The minimum Gasteiger partial charge on any atom is -0.367 e. The third-order valence-corrected chi connectivity index (χ3v) is 4.10. The van der Waals surface area contributed by atoms with Gasteiger partial charge in [-0.15, -0.1) is 11.3 Å². The van der Waals surface area contributed by atoms with Crippen LogP contribution in [0.3, 0.4) is 0 Å². The van der Waals surface area contributed by atoms with E-state index in [0.717, 1.165) is 25.2 Å². The van der Waals surface area contributed by atoms with Crippen molar-refractivity contribution in [1.29, 1.82) is 0 Å². The molecule has 0 amide bonds. The van der Waals surface area contributed by atoms with Crippen molar-refractivity contribution in [3.8, 4) is 11.8 Å². The number of nitrogens with two attached hydrogens (primary N) is 1. The Morgan fingerprint density at radius 1 is 1.30 bits per heavy atom. The van der Waals surface area contributed by atoms with E-state index in [-0.39, 0.29) is 11.2 Å². The fraction of sp³-hybridized carbons (Fsp3) is 0.625. The second-order valence-electron chi connectivity index (χ2n) is 6.53. The van der Waals surface area contributed by atoms with E-state index in [0.29, 0.717) is 6.54 Å². The smallest absolute Gasteiger partial charge is 0.0760 e. The van der Waals surface area contributed by atoms with Crippen molar-refractivity contribution >= 4 is 11.3 Å². The number of hydrogen-bond acceptors (Lipinski definition) is 4. The van der Waals surface area contributed by atoms with Crippen LogP contribution in [-0.4, -0.2) is 35.7 Å². The Balaban J connectivity index is 2.12. The number of morpholine rings is 1. The summed E-state index contributed by atoms with van der Waals surface area (Å²) < 4.78 is 6.12. The summed E-state index contributed by atoms with van der Waals surface area (Å²) in [6, 6.07) is 2.08. The number of hydrogen-bond donors (Lipinski definition) is 1. The number of nitrogens with zero attached hydrogens (tertiary/aromatic N) is 1. The van der Waals surface area contributed by atoms with Crippen LogP contribution in [0.25, 0.3) is 0 Å². The van der Waals surface area contributed by atoms with Gasteiger partial charge in [0.1, 0.15) is 0 Å². The molecule has 1 aromatic rings. The molecule has 0 spiro atoms. The summed E-state index contributed by atoms with van der Waals surface area (Å²) in [6.07, 6.45) is 0. The van der Waals surface area contributed by atoms with Crippen LogP contribution in [0, 0.1) is 11.8 Å². The van der Waals surface area contributed by atoms with E-state index in [9.17, 15) is 0 Å². The zero-order chi connectivity index (χ0) is 14.8. The Labute approximate surface area is 126 Å². The maximum Gasteiger partial charge on any atom is 0.0760 e. The fourth-order valence-corrected chi connectivity index (χ4v) is 3.85. The zero-order valence-corrected chi connectivity index (χ0v) is 13.6. The van der Waals surface area contributed by atoms with Gasteiger partial charge in [-0.25, -0.2) is 0 Å². The monoisotopic (exact) mass is 292 g/mol. The van der Waals surface area contributed by atoms with E-state index in [1.807, 2.05) is 0 Å². The molecule has 1 aliphatic heterocycles. The lowest BCUT2D eigenvalue weighted by Gasteiger charge is -2.47. The van der Waals surface area contributed by atoms with Gasteiger partial charge in [0.2, 0.25) is 0 Å². The van der Waals surface area contributed by atoms with Crippen molar-refractivity contribution in [1.82, 2.24) is 4.90 Å². The minimum absolute atomic E-state index is 0.109. The summed E-state index contributed by atoms with van der Waals surface area (Å²) in [7, 11) is 0. The highest BCUT2D eigenvalue weighted by Crippen LogP contribution is 2.30. The van der Waals surface area contributed by atoms with E-state index in [1.54, 1.807) is 11.3 Å². The van der Waals surface area contributed by atoms with Crippen molar-refractivity contribution < 1.29 is 4.74 Å². The molecule has 0 saturated carbocycles. The number of thiophene rings is 1. The molecule has 0 unspecified atom stereocenters. The molecule has 110 valence electrons. The van der Waals surface area contributed by atoms with Gasteiger partial charge >= 0.3 is 0 Å². The van der Waals surface area contributed by atoms with Gasteiger partial charge in [0.25, 0.3) is 0 Å². The lowest BCUT2D eigenvalue weighted by Crippen LogP contribution is -2.56. The van der Waals surface area contributed by atoms with Crippen molar-refractivity contribution in [2.75, 3.05) is 19.6 Å². The summed E-state index contributed by atoms with van der Waals surface area (Å²) in [5.74, 6) is 6.10. The molecule has 3 nitrogen and oxygen atoms in total. The lowest BCUT2D eigenvalue weighted by molar-refractivity contribution is -0.182. The molecule has 0 aliphatic carbocycles. The van der Waals surface area contributed by atoms with Gasteiger partial charge in [-0.05, 0) is 39.1 Å². The van der Waals surface area contributed by atoms with E-state index in [4.69, 9.17) is 10.5 Å². The Kier molecular flexibility index (Phi) is 4.55. The SMILES string of the molecule is CC1(C)CN(Cc2sccc2C#CCN)CC(C)(C)O1. The standard InChI is InChI=1S/C16H24N2OS/c1-15(2)11-18(12-16(3,4)19-15)10-14-13(6-5-8-17)7-9-20-14/h7,9H,8,10-12,17H2,1-4H3. The molecule has 0 radical (unpaired) electrons. The highest BCUT2D eigenvalue weighted by Gasteiger charge is 2.38. The van der Waals surface area contributed by atoms with Gasteiger partial charge < -0.3 is 10.5 Å². The second kappa shape index (κ2) is 5.87. The molecule has 1 aromatic heterocycles. The Morgan fingerprint density at radius 2 is 1.95 bits per heavy atom. The summed E-state index contributed by atoms with van der Waals surface area (Å²) in [5.41, 5.74) is 6.35. The van der Waals surface area contributed by atoms with Crippen LogP contribution in [-0.2, 0) is 11.3 Å². The van der Waals surface area contributed by atoms with Gasteiger partial charge in [-0.2, -0.15) is 0 Å². The highest BCUT2D eigenvalue weighted by atomic mass is 32.1. The predicted octanol–water partition coefficient (Wildman–Crippen LogP) is 2.45. The molecule has 2 rings (SSSR count). The van der Waals surface area contributed by atoms with Crippen LogP contribution in [0.2, 0.25) is 0 Å². The lowest BCUT2D eigenvalue weighted by atomic mass is 9.99. The van der Waals surface area contributed by atoms with Crippen molar-refractivity contribution in [3.05, 3.63) is 21.9 Å². The van der Waals surface area contributed by atoms with Crippen molar-refractivity contribution in [3.63, 3.8) is 0 Å². The third kappa shape index (κ3) is 4.07. The average Bonchev–Trinajstić information content (AvgIpc) is 2.69. The number of rotatable bonds is 2. The molecule has 1 aliphatic rings. The molecular formula is C16H24N2OS. The van der Waals surface area contributed by atoms with Crippen molar-refractivity contribution in [2.24, 2.45) is 5.73 Å². The predicted molar refractivity (Wildman–Crippen MR) is 84.8 cm³/mol. The molecule has 0 aromatic carbocycles. The summed E-state index contributed by atoms with van der Waals surface area (Å²) in [4.78, 5) is 3.78. The van der Waals surface area contributed by atoms with Crippen LogP contribution in [0.4, 0.5) is 0 Å². The molecule has 1 saturated heterocycles. The quantitative estimate of drug-likeness (QED) is 0.851. The van der Waals surface area contributed by atoms with Crippen LogP contribution in [0.5, 0.6) is 0 Å². The summed E-state index contributed by atoms with van der Waals surface area (Å²) in [6.45, 7) is 11.9. The van der Waals surface area contributed by atoms with Crippen LogP contribution >= 0.6 is 11.3 Å². The first-order valence-corrected chi connectivity index (χ1v) is 7.87. The third-order valence-electron chi connectivity index (χ3n) is 3.20. The van der Waals surface area contributed by atoms with E-state index in [1.165, 1.54) is 4.88 Å². The second-order valence-corrected chi connectivity index (χ2v) is 7.53. The van der Waals surface area contributed by atoms with E-state index >= 15 is 0 Å². The maximum absolute atomic E-state index is 6.12. The van der Waals surface area contributed by atoms with Crippen LogP contribution < -0.4 is 5.73 Å². The Bertz CT molecular complexity index is 506. The minimum atomic E-state index is -0.109. The first-order valence-electron chi connectivity index (χ1n) is 6.99. The largest absolute Gasteiger partial charge is 0.367 e. The molecule has 2 N–H and O–H groups in total. The van der Waals surface area contributed by atoms with Gasteiger partial charge in [0.15, 0.2) is 0 Å². The van der Waals surface area contributed by atoms with Gasteiger partial charge in [-0.1, -0.05) is 11.8 Å². The first kappa shape index (κ1) is 15.5. The van der Waals surface area contributed by atoms with E-state index in [2.05, 4.69) is 55.9 Å². The van der Waals surface area contributed by atoms with Gasteiger partial charge in [0.05, 0.1) is 17.7 Å². The first-order chi connectivity index (χ1) is 9.31. The average molecular weight is 292 g/mol. The maximum atomic E-state index is 6.12. The number of ether oxygens (including phenoxy) is 1. The van der Waals surface area contributed by atoms with E-state index < -0.39 is 0 Å². The Hall–Kier alpha value is -0.860. The molecule has 0 atom stereocenters. The molecular weight excluding hydrogens is 268 g/mol.